The number of aromatic nitrogens is 2. The number of nitrogens with zero attached hydrogens (tertiary/aromatic N) is 2. The van der Waals surface area contributed by atoms with E-state index < -0.39 is 0 Å². The summed E-state index contributed by atoms with van der Waals surface area (Å²) in [6, 6.07) is 0.484. The van der Waals surface area contributed by atoms with Gasteiger partial charge in [-0.25, -0.2) is 0 Å². The van der Waals surface area contributed by atoms with Gasteiger partial charge in [-0.15, -0.1) is 0 Å². The van der Waals surface area contributed by atoms with Gasteiger partial charge in [0.25, 0.3) is 0 Å². The van der Waals surface area contributed by atoms with Crippen LogP contribution in [0.25, 0.3) is 0 Å². The van der Waals surface area contributed by atoms with Gasteiger partial charge in [0, 0.05) is 18.4 Å². The molecule has 1 aliphatic carbocycles. The molecule has 0 spiro atoms. The van der Waals surface area contributed by atoms with Crippen molar-refractivity contribution in [2.45, 2.75) is 57.9 Å². The Balaban J connectivity index is 1.97. The van der Waals surface area contributed by atoms with Gasteiger partial charge >= 0.3 is 0 Å². The summed E-state index contributed by atoms with van der Waals surface area (Å²) in [5.74, 6) is 2.71. The molecule has 1 heterocycles. The minimum Gasteiger partial charge on any atom is -0.339 e. The van der Waals surface area contributed by atoms with Crippen molar-refractivity contribution in [2.24, 2.45) is 5.92 Å². The van der Waals surface area contributed by atoms with Gasteiger partial charge in [0.1, 0.15) is 0 Å². The molecule has 1 aromatic heterocycles. The van der Waals surface area contributed by atoms with E-state index in [1.807, 2.05) is 7.05 Å². The Bertz CT molecular complexity index is 342. The first-order chi connectivity index (χ1) is 8.20. The standard InChI is InChI=1S/C13H23N3O/c1-9(2)13-15-12(17-16-13)8-11(14-3)10-6-4-5-7-10/h9-11,14H,4-8H2,1-3H3. The second-order valence-electron chi connectivity index (χ2n) is 5.34. The summed E-state index contributed by atoms with van der Waals surface area (Å²) in [5.41, 5.74) is 0. The van der Waals surface area contributed by atoms with Crippen LogP contribution in [0.5, 0.6) is 0 Å². The first-order valence-electron chi connectivity index (χ1n) is 6.70. The monoisotopic (exact) mass is 237 g/mol. The Kier molecular flexibility index (Phi) is 4.15. The van der Waals surface area contributed by atoms with E-state index >= 15 is 0 Å². The van der Waals surface area contributed by atoms with E-state index in [4.69, 9.17) is 4.52 Å². The maximum Gasteiger partial charge on any atom is 0.228 e. The molecule has 4 heteroatoms. The zero-order valence-corrected chi connectivity index (χ0v) is 11.1. The van der Waals surface area contributed by atoms with Gasteiger partial charge in [0.05, 0.1) is 0 Å². The van der Waals surface area contributed by atoms with Crippen molar-refractivity contribution in [3.05, 3.63) is 11.7 Å². The summed E-state index contributed by atoms with van der Waals surface area (Å²) in [6.45, 7) is 4.17. The largest absolute Gasteiger partial charge is 0.339 e. The average molecular weight is 237 g/mol. The van der Waals surface area contributed by atoms with Crippen molar-refractivity contribution < 1.29 is 4.52 Å². The normalized spacial score (nSPS) is 19.1. The quantitative estimate of drug-likeness (QED) is 0.855. The van der Waals surface area contributed by atoms with Gasteiger partial charge in [0.2, 0.25) is 5.89 Å². The van der Waals surface area contributed by atoms with Crippen LogP contribution in [0.2, 0.25) is 0 Å². The molecular formula is C13H23N3O. The van der Waals surface area contributed by atoms with Gasteiger partial charge in [0.15, 0.2) is 5.82 Å². The molecule has 0 aromatic carbocycles. The van der Waals surface area contributed by atoms with Gasteiger partial charge < -0.3 is 9.84 Å². The summed E-state index contributed by atoms with van der Waals surface area (Å²) >= 11 is 0. The molecule has 2 rings (SSSR count). The van der Waals surface area contributed by atoms with Gasteiger partial charge in [-0.2, -0.15) is 4.98 Å². The highest BCUT2D eigenvalue weighted by molar-refractivity contribution is 4.95. The molecule has 1 atom stereocenters. The summed E-state index contributed by atoms with van der Waals surface area (Å²) in [6.07, 6.45) is 6.25. The molecule has 0 radical (unpaired) electrons. The molecule has 0 amide bonds. The number of nitrogens with one attached hydrogen (secondary N) is 1. The highest BCUT2D eigenvalue weighted by atomic mass is 16.5. The van der Waals surface area contributed by atoms with E-state index in [9.17, 15) is 0 Å². The fraction of sp³-hybridized carbons (Fsp3) is 0.846. The summed E-state index contributed by atoms with van der Waals surface area (Å²) < 4.78 is 5.32. The van der Waals surface area contributed by atoms with Crippen molar-refractivity contribution in [1.82, 2.24) is 15.5 Å². The van der Waals surface area contributed by atoms with Crippen LogP contribution in [-0.2, 0) is 6.42 Å². The van der Waals surface area contributed by atoms with Gasteiger partial charge in [-0.3, -0.25) is 0 Å². The lowest BCUT2D eigenvalue weighted by Gasteiger charge is -2.20. The molecule has 1 unspecified atom stereocenters. The minimum absolute atomic E-state index is 0.340. The molecule has 1 saturated carbocycles. The number of likely N-dealkylation sites (N-methyl/N-ethyl adjacent to an activating group) is 1. The maximum atomic E-state index is 5.32. The van der Waals surface area contributed by atoms with E-state index in [1.165, 1.54) is 25.7 Å². The number of hydrogen-bond donors (Lipinski definition) is 1. The molecule has 1 aromatic rings. The number of hydrogen-bond acceptors (Lipinski definition) is 4. The van der Waals surface area contributed by atoms with Gasteiger partial charge in [-0.1, -0.05) is 31.8 Å². The molecule has 17 heavy (non-hydrogen) atoms. The van der Waals surface area contributed by atoms with Crippen LogP contribution < -0.4 is 5.32 Å². The third-order valence-electron chi connectivity index (χ3n) is 3.73. The first kappa shape index (κ1) is 12.6. The lowest BCUT2D eigenvalue weighted by Crippen LogP contribution is -2.34. The van der Waals surface area contributed by atoms with Crippen LogP contribution in [0.4, 0.5) is 0 Å². The molecule has 1 aliphatic rings. The Morgan fingerprint density at radius 3 is 2.59 bits per heavy atom. The molecule has 0 saturated heterocycles. The smallest absolute Gasteiger partial charge is 0.228 e. The van der Waals surface area contributed by atoms with Crippen molar-refractivity contribution in [2.75, 3.05) is 7.05 Å². The first-order valence-corrected chi connectivity index (χ1v) is 6.70. The van der Waals surface area contributed by atoms with Crippen LogP contribution >= 0.6 is 0 Å². The predicted molar refractivity (Wildman–Crippen MR) is 66.9 cm³/mol. The summed E-state index contributed by atoms with van der Waals surface area (Å²) in [7, 11) is 2.03. The van der Waals surface area contributed by atoms with Crippen molar-refractivity contribution in [1.29, 1.82) is 0 Å². The number of rotatable bonds is 5. The lowest BCUT2D eigenvalue weighted by atomic mass is 9.95. The fourth-order valence-corrected chi connectivity index (χ4v) is 2.64. The van der Waals surface area contributed by atoms with Gasteiger partial charge in [-0.05, 0) is 25.8 Å². The molecule has 1 fully saturated rings. The molecule has 0 aliphatic heterocycles. The Morgan fingerprint density at radius 1 is 1.35 bits per heavy atom. The maximum absolute atomic E-state index is 5.32. The van der Waals surface area contributed by atoms with Crippen molar-refractivity contribution in [3.63, 3.8) is 0 Å². The van der Waals surface area contributed by atoms with E-state index in [-0.39, 0.29) is 0 Å². The zero-order chi connectivity index (χ0) is 12.3. The molecule has 4 nitrogen and oxygen atoms in total. The molecule has 96 valence electrons. The van der Waals surface area contributed by atoms with E-state index in [1.54, 1.807) is 0 Å². The second-order valence-corrected chi connectivity index (χ2v) is 5.34. The lowest BCUT2D eigenvalue weighted by molar-refractivity contribution is 0.316. The molecule has 1 N–H and O–H groups in total. The van der Waals surface area contributed by atoms with Crippen molar-refractivity contribution in [3.8, 4) is 0 Å². The molecular weight excluding hydrogens is 214 g/mol. The zero-order valence-electron chi connectivity index (χ0n) is 11.1. The van der Waals surface area contributed by atoms with E-state index in [2.05, 4.69) is 29.3 Å². The average Bonchev–Trinajstić information content (AvgIpc) is 2.96. The van der Waals surface area contributed by atoms with Crippen LogP contribution in [0.3, 0.4) is 0 Å². The topological polar surface area (TPSA) is 51.0 Å². The second kappa shape index (κ2) is 5.63. The van der Waals surface area contributed by atoms with Crippen molar-refractivity contribution >= 4 is 0 Å². The fourth-order valence-electron chi connectivity index (χ4n) is 2.64. The van der Waals surface area contributed by atoms with E-state index in [0.29, 0.717) is 12.0 Å². The summed E-state index contributed by atoms with van der Waals surface area (Å²) in [5, 5.41) is 7.42. The Hall–Kier alpha value is -0.900. The van der Waals surface area contributed by atoms with Crippen LogP contribution in [0.15, 0.2) is 4.52 Å². The van der Waals surface area contributed by atoms with Crippen LogP contribution in [0.1, 0.15) is 57.2 Å². The summed E-state index contributed by atoms with van der Waals surface area (Å²) in [4.78, 5) is 4.45. The predicted octanol–water partition coefficient (Wildman–Crippen LogP) is 2.51. The Morgan fingerprint density at radius 2 is 2.06 bits per heavy atom. The van der Waals surface area contributed by atoms with Crippen LogP contribution in [0, 0.1) is 5.92 Å². The highest BCUT2D eigenvalue weighted by Gasteiger charge is 2.25. The minimum atomic E-state index is 0.340. The highest BCUT2D eigenvalue weighted by Crippen LogP contribution is 2.29. The molecule has 0 bridgehead atoms. The third-order valence-corrected chi connectivity index (χ3v) is 3.73. The third kappa shape index (κ3) is 3.06. The SMILES string of the molecule is CNC(Cc1nc(C(C)C)no1)C1CCCC1. The van der Waals surface area contributed by atoms with E-state index in [0.717, 1.165) is 24.1 Å². The van der Waals surface area contributed by atoms with Crippen LogP contribution in [-0.4, -0.2) is 23.2 Å². The Labute approximate surface area is 103 Å².